The molecule has 37 heavy (non-hydrogen) atoms. The molecular formula is C25H33N7O5. The number of allylic oxidation sites excluding steroid dienone is 1. The predicted octanol–water partition coefficient (Wildman–Crippen LogP) is 0.371. The molecule has 4 rings (SSSR count). The van der Waals surface area contributed by atoms with Gasteiger partial charge in [0.2, 0.25) is 5.91 Å². The van der Waals surface area contributed by atoms with Crippen molar-refractivity contribution in [3.63, 3.8) is 0 Å². The summed E-state index contributed by atoms with van der Waals surface area (Å²) < 4.78 is 12.8. The summed E-state index contributed by atoms with van der Waals surface area (Å²) in [6.45, 7) is 5.23. The molecule has 4 N–H and O–H groups in total. The van der Waals surface area contributed by atoms with Gasteiger partial charge >= 0.3 is 0 Å². The molecule has 12 nitrogen and oxygen atoms in total. The van der Waals surface area contributed by atoms with Crippen LogP contribution in [0.1, 0.15) is 18.7 Å². The number of aliphatic hydroxyl groups is 2. The number of ether oxygens (including phenoxy) is 2. The molecule has 1 amide bonds. The van der Waals surface area contributed by atoms with Gasteiger partial charge < -0.3 is 35.2 Å². The molecule has 2 aromatic heterocycles. The van der Waals surface area contributed by atoms with Crippen LogP contribution in [0.5, 0.6) is 5.75 Å². The van der Waals surface area contributed by atoms with Crippen LogP contribution in [0, 0.1) is 0 Å². The van der Waals surface area contributed by atoms with E-state index in [0.29, 0.717) is 29.1 Å². The number of amides is 1. The van der Waals surface area contributed by atoms with E-state index < -0.39 is 37.1 Å². The fourth-order valence-electron chi connectivity index (χ4n) is 4.43. The maximum absolute atomic E-state index is 13.4. The molecule has 0 bridgehead atoms. The molecule has 198 valence electrons. The summed E-state index contributed by atoms with van der Waals surface area (Å²) in [6.07, 6.45) is 0.342. The zero-order valence-electron chi connectivity index (χ0n) is 21.3. The van der Waals surface area contributed by atoms with Crippen LogP contribution in [0.3, 0.4) is 0 Å². The van der Waals surface area contributed by atoms with Crippen LogP contribution in [0.25, 0.3) is 11.2 Å². The smallest absolute Gasteiger partial charge is 0.243 e. The van der Waals surface area contributed by atoms with E-state index in [-0.39, 0.29) is 5.91 Å². The first-order chi connectivity index (χ1) is 17.7. The van der Waals surface area contributed by atoms with E-state index in [1.54, 1.807) is 18.6 Å². The number of benzene rings is 1. The van der Waals surface area contributed by atoms with Crippen LogP contribution >= 0.6 is 0 Å². The minimum Gasteiger partial charge on any atom is -0.497 e. The average molecular weight is 512 g/mol. The molecule has 3 heterocycles. The molecule has 5 atom stereocenters. The summed E-state index contributed by atoms with van der Waals surface area (Å²) in [6, 6.07) is 5.88. The Morgan fingerprint density at radius 3 is 2.62 bits per heavy atom. The number of hydrogen-bond donors (Lipinski definition) is 4. The number of hydrogen-bond acceptors (Lipinski definition) is 10. The van der Waals surface area contributed by atoms with Crippen molar-refractivity contribution >= 4 is 22.9 Å². The number of anilines is 1. The van der Waals surface area contributed by atoms with E-state index in [0.717, 1.165) is 11.3 Å². The van der Waals surface area contributed by atoms with Gasteiger partial charge in [-0.3, -0.25) is 9.36 Å². The van der Waals surface area contributed by atoms with Gasteiger partial charge in [-0.1, -0.05) is 18.7 Å². The summed E-state index contributed by atoms with van der Waals surface area (Å²) >= 11 is 0. The third kappa shape index (κ3) is 5.50. The van der Waals surface area contributed by atoms with E-state index in [4.69, 9.17) is 9.47 Å². The van der Waals surface area contributed by atoms with Gasteiger partial charge in [-0.05, 0) is 24.6 Å². The highest BCUT2D eigenvalue weighted by Crippen LogP contribution is 2.32. The number of aromatic nitrogens is 4. The van der Waals surface area contributed by atoms with Crippen molar-refractivity contribution in [2.45, 2.75) is 43.9 Å². The first-order valence-corrected chi connectivity index (χ1v) is 11.9. The number of carbonyl (C=O) groups is 1. The monoisotopic (exact) mass is 511 g/mol. The molecule has 5 unspecified atom stereocenters. The quantitative estimate of drug-likeness (QED) is 0.301. The highest BCUT2D eigenvalue weighted by molar-refractivity contribution is 5.83. The first-order valence-electron chi connectivity index (χ1n) is 11.9. The number of imidazole rings is 1. The average Bonchev–Trinajstić information content (AvgIpc) is 3.44. The molecule has 0 saturated carbocycles. The Hall–Kier alpha value is -3.74. The summed E-state index contributed by atoms with van der Waals surface area (Å²) in [4.78, 5) is 28.1. The van der Waals surface area contributed by atoms with Crippen molar-refractivity contribution in [2.75, 3.05) is 32.7 Å². The van der Waals surface area contributed by atoms with Gasteiger partial charge in [0, 0.05) is 26.2 Å². The Morgan fingerprint density at radius 2 is 2.00 bits per heavy atom. The first kappa shape index (κ1) is 26.3. The van der Waals surface area contributed by atoms with E-state index in [1.807, 2.05) is 43.3 Å². The van der Waals surface area contributed by atoms with Gasteiger partial charge in [-0.2, -0.15) is 0 Å². The standard InChI is InChI=1S/C25H33N7O5/c1-14(2)29-17(10-15-6-8-16(36-5)9-7-15)24(35)30-19-18(11-33)37-25(21(19)34)32-13-28-20-22(31(3)4)26-12-27-23(20)32/h6-9,12-13,17-19,21,25,29,33-34H,1,10-11H2,2-5H3,(H,30,35). The second-order valence-corrected chi connectivity index (χ2v) is 9.22. The molecule has 0 aliphatic carbocycles. The van der Waals surface area contributed by atoms with E-state index in [1.165, 1.54) is 12.7 Å². The second kappa shape index (κ2) is 11.1. The number of nitrogens with one attached hydrogen (secondary N) is 2. The summed E-state index contributed by atoms with van der Waals surface area (Å²) in [5.41, 5.74) is 2.54. The molecule has 3 aromatic rings. The maximum Gasteiger partial charge on any atom is 0.243 e. The Kier molecular flexibility index (Phi) is 7.91. The number of nitrogens with zero attached hydrogens (tertiary/aromatic N) is 5. The zero-order valence-corrected chi connectivity index (χ0v) is 21.3. The van der Waals surface area contributed by atoms with Crippen LogP contribution in [-0.4, -0.2) is 87.7 Å². The minimum atomic E-state index is -1.18. The van der Waals surface area contributed by atoms with Crippen molar-refractivity contribution in [3.05, 3.63) is 54.8 Å². The largest absolute Gasteiger partial charge is 0.497 e. The van der Waals surface area contributed by atoms with Crippen molar-refractivity contribution in [3.8, 4) is 5.75 Å². The fourth-order valence-corrected chi connectivity index (χ4v) is 4.43. The lowest BCUT2D eigenvalue weighted by atomic mass is 10.0. The fraction of sp³-hybridized carbons (Fsp3) is 0.440. The summed E-state index contributed by atoms with van der Waals surface area (Å²) in [5, 5.41) is 27.2. The van der Waals surface area contributed by atoms with E-state index in [9.17, 15) is 15.0 Å². The third-order valence-corrected chi connectivity index (χ3v) is 6.24. The molecule has 0 spiro atoms. The molecule has 1 saturated heterocycles. The normalized spacial score (nSPS) is 22.0. The molecule has 0 radical (unpaired) electrons. The lowest BCUT2D eigenvalue weighted by Crippen LogP contribution is -2.54. The number of methoxy groups -OCH3 is 1. The Labute approximate surface area is 214 Å². The van der Waals surface area contributed by atoms with Crippen LogP contribution in [0.15, 0.2) is 49.2 Å². The van der Waals surface area contributed by atoms with Crippen LogP contribution in [-0.2, 0) is 16.0 Å². The molecule has 1 aliphatic rings. The summed E-state index contributed by atoms with van der Waals surface area (Å²) in [7, 11) is 5.28. The molecule has 1 aliphatic heterocycles. The Bertz CT molecular complexity index is 1250. The van der Waals surface area contributed by atoms with Gasteiger partial charge in [0.25, 0.3) is 0 Å². The number of carbonyl (C=O) groups excluding carboxylic acids is 1. The third-order valence-electron chi connectivity index (χ3n) is 6.24. The van der Waals surface area contributed by atoms with Gasteiger partial charge in [0.05, 0.1) is 26.1 Å². The maximum atomic E-state index is 13.4. The van der Waals surface area contributed by atoms with Crippen LogP contribution < -0.4 is 20.3 Å². The number of rotatable bonds is 10. The van der Waals surface area contributed by atoms with Gasteiger partial charge in [-0.15, -0.1) is 0 Å². The molecule has 12 heteroatoms. The number of aliphatic hydroxyl groups excluding tert-OH is 2. The second-order valence-electron chi connectivity index (χ2n) is 9.22. The number of fused-ring (bicyclic) bond motifs is 1. The minimum absolute atomic E-state index is 0.363. The van der Waals surface area contributed by atoms with Gasteiger partial charge in [0.15, 0.2) is 23.2 Å². The van der Waals surface area contributed by atoms with Gasteiger partial charge in [-0.25, -0.2) is 15.0 Å². The lowest BCUT2D eigenvalue weighted by Gasteiger charge is -2.25. The predicted molar refractivity (Wildman–Crippen MR) is 137 cm³/mol. The topological polar surface area (TPSA) is 147 Å². The highest BCUT2D eigenvalue weighted by Gasteiger charge is 2.46. The summed E-state index contributed by atoms with van der Waals surface area (Å²) in [5.74, 6) is 0.973. The van der Waals surface area contributed by atoms with Crippen molar-refractivity contribution in [1.82, 2.24) is 30.2 Å². The Morgan fingerprint density at radius 1 is 1.27 bits per heavy atom. The Balaban J connectivity index is 1.54. The zero-order chi connectivity index (χ0) is 26.7. The molecule has 1 fully saturated rings. The van der Waals surface area contributed by atoms with Crippen molar-refractivity contribution < 1.29 is 24.5 Å². The van der Waals surface area contributed by atoms with E-state index in [2.05, 4.69) is 32.2 Å². The highest BCUT2D eigenvalue weighted by atomic mass is 16.5. The van der Waals surface area contributed by atoms with Gasteiger partial charge in [0.1, 0.15) is 30.3 Å². The molecular weight excluding hydrogens is 478 g/mol. The van der Waals surface area contributed by atoms with E-state index >= 15 is 0 Å². The van der Waals surface area contributed by atoms with Crippen LogP contribution in [0.2, 0.25) is 0 Å². The van der Waals surface area contributed by atoms with Crippen molar-refractivity contribution in [2.24, 2.45) is 0 Å². The lowest BCUT2D eigenvalue weighted by molar-refractivity contribution is -0.124. The SMILES string of the molecule is C=C(C)NC(Cc1ccc(OC)cc1)C(=O)NC1C(CO)OC(n2cnc3c(N(C)C)ncnc32)C1O. The van der Waals surface area contributed by atoms with Crippen LogP contribution in [0.4, 0.5) is 5.82 Å². The molecule has 1 aromatic carbocycles. The van der Waals surface area contributed by atoms with Crippen molar-refractivity contribution in [1.29, 1.82) is 0 Å².